The normalized spacial score (nSPS) is 12.0. The highest BCUT2D eigenvalue weighted by molar-refractivity contribution is 5.72. The Bertz CT molecular complexity index is 838. The highest BCUT2D eigenvalue weighted by Crippen LogP contribution is 2.14. The fourth-order valence-electron chi connectivity index (χ4n) is 5.43. The lowest BCUT2D eigenvalue weighted by atomic mass is 10.00. The van der Waals surface area contributed by atoms with E-state index in [1.165, 1.54) is 44.9 Å². The number of rotatable bonds is 51. The molecule has 352 valence electrons. The Labute approximate surface area is 357 Å². The van der Waals surface area contributed by atoms with Crippen molar-refractivity contribution in [3.05, 3.63) is 0 Å². The molecule has 0 saturated carbocycles. The van der Waals surface area contributed by atoms with Crippen LogP contribution in [0.15, 0.2) is 0 Å². The summed E-state index contributed by atoms with van der Waals surface area (Å²) in [5.74, 6) is -0.271. The summed E-state index contributed by atoms with van der Waals surface area (Å²) in [6, 6.07) is 0. The minimum Gasteiger partial charge on any atom is -0.463 e. The predicted octanol–water partition coefficient (Wildman–Crippen LogP) is 6.39. The van der Waals surface area contributed by atoms with Crippen LogP contribution in [-0.4, -0.2) is 171 Å². The Morgan fingerprint density at radius 3 is 0.898 bits per heavy atom. The fourth-order valence-corrected chi connectivity index (χ4v) is 5.43. The summed E-state index contributed by atoms with van der Waals surface area (Å²) in [6.45, 7) is 17.3. The topological polar surface area (TPSA) is 154 Å². The Hall–Kier alpha value is -1.50. The van der Waals surface area contributed by atoms with E-state index in [2.05, 4.69) is 13.8 Å². The SMILES string of the molecule is CCCCCCCCCCCC(=O)OCCOCCOCCOCCOCCOCCOCCOCCOCCOCCOCCOCCOC(=O)C(CC)CCCC. The van der Waals surface area contributed by atoms with Crippen LogP contribution in [0.1, 0.15) is 111 Å². The Balaban J connectivity index is 3.17. The van der Waals surface area contributed by atoms with E-state index < -0.39 is 0 Å². The Morgan fingerprint density at radius 2 is 0.593 bits per heavy atom. The number of hydrogen-bond donors (Lipinski definition) is 0. The van der Waals surface area contributed by atoms with Crippen LogP contribution in [0.3, 0.4) is 0 Å². The van der Waals surface area contributed by atoms with Gasteiger partial charge in [0.05, 0.1) is 151 Å². The van der Waals surface area contributed by atoms with Gasteiger partial charge in [0.25, 0.3) is 0 Å². The second-order valence-electron chi connectivity index (χ2n) is 13.9. The van der Waals surface area contributed by atoms with E-state index in [0.717, 1.165) is 38.5 Å². The first-order valence-corrected chi connectivity index (χ1v) is 22.8. The van der Waals surface area contributed by atoms with Gasteiger partial charge in [-0.25, -0.2) is 0 Å². The van der Waals surface area contributed by atoms with E-state index >= 15 is 0 Å². The molecule has 0 spiro atoms. The van der Waals surface area contributed by atoms with Crippen LogP contribution in [0.5, 0.6) is 0 Å². The molecule has 15 nitrogen and oxygen atoms in total. The van der Waals surface area contributed by atoms with E-state index in [-0.39, 0.29) is 31.1 Å². The maximum Gasteiger partial charge on any atom is 0.308 e. The molecule has 0 aliphatic rings. The number of carbonyl (C=O) groups excluding carboxylic acids is 2. The molecule has 0 radical (unpaired) electrons. The number of carbonyl (C=O) groups is 2. The van der Waals surface area contributed by atoms with Gasteiger partial charge in [0.2, 0.25) is 0 Å². The van der Waals surface area contributed by atoms with Crippen molar-refractivity contribution >= 4 is 11.9 Å². The molecule has 0 bridgehead atoms. The molecule has 59 heavy (non-hydrogen) atoms. The van der Waals surface area contributed by atoms with Crippen LogP contribution in [0, 0.1) is 5.92 Å². The monoisotopic (exact) mass is 855 g/mol. The highest BCUT2D eigenvalue weighted by Gasteiger charge is 2.17. The second kappa shape index (κ2) is 50.9. The molecular formula is C44H86O15. The number of esters is 2. The molecule has 0 aliphatic heterocycles. The van der Waals surface area contributed by atoms with Crippen molar-refractivity contribution in [1.29, 1.82) is 0 Å². The third kappa shape index (κ3) is 47.4. The third-order valence-corrected chi connectivity index (χ3v) is 8.90. The zero-order chi connectivity index (χ0) is 42.8. The van der Waals surface area contributed by atoms with Crippen molar-refractivity contribution in [3.63, 3.8) is 0 Å². The average molecular weight is 855 g/mol. The first-order chi connectivity index (χ1) is 29.2. The molecule has 0 aromatic carbocycles. The summed E-state index contributed by atoms with van der Waals surface area (Å²) in [7, 11) is 0. The fraction of sp³-hybridized carbons (Fsp3) is 0.955. The highest BCUT2D eigenvalue weighted by atomic mass is 16.6. The minimum absolute atomic E-state index is 0.00798. The van der Waals surface area contributed by atoms with E-state index in [4.69, 9.17) is 61.6 Å². The summed E-state index contributed by atoms with van der Waals surface area (Å²) in [6.07, 6.45) is 15.4. The molecule has 0 N–H and O–H groups in total. The van der Waals surface area contributed by atoms with Crippen molar-refractivity contribution < 1.29 is 71.2 Å². The first-order valence-electron chi connectivity index (χ1n) is 22.8. The molecule has 0 saturated heterocycles. The largest absolute Gasteiger partial charge is 0.463 e. The van der Waals surface area contributed by atoms with E-state index in [9.17, 15) is 9.59 Å². The molecule has 0 heterocycles. The van der Waals surface area contributed by atoms with Gasteiger partial charge in [-0.1, -0.05) is 85.0 Å². The maximum absolute atomic E-state index is 12.0. The van der Waals surface area contributed by atoms with E-state index in [0.29, 0.717) is 152 Å². The van der Waals surface area contributed by atoms with E-state index in [1.54, 1.807) is 0 Å². The quantitative estimate of drug-likeness (QED) is 0.0490. The van der Waals surface area contributed by atoms with Crippen LogP contribution in [0.2, 0.25) is 0 Å². The van der Waals surface area contributed by atoms with Gasteiger partial charge in [0, 0.05) is 6.42 Å². The van der Waals surface area contributed by atoms with Gasteiger partial charge >= 0.3 is 11.9 Å². The molecule has 15 heteroatoms. The van der Waals surface area contributed by atoms with Crippen molar-refractivity contribution in [2.45, 2.75) is 111 Å². The lowest BCUT2D eigenvalue weighted by Crippen LogP contribution is -2.20. The lowest BCUT2D eigenvalue weighted by molar-refractivity contribution is -0.150. The zero-order valence-electron chi connectivity index (χ0n) is 37.6. The molecule has 0 aromatic rings. The number of unbranched alkanes of at least 4 members (excludes halogenated alkanes) is 9. The van der Waals surface area contributed by atoms with Gasteiger partial charge in [-0.3, -0.25) is 9.59 Å². The van der Waals surface area contributed by atoms with Crippen LogP contribution < -0.4 is 0 Å². The number of hydrogen-bond acceptors (Lipinski definition) is 15. The molecule has 0 amide bonds. The maximum atomic E-state index is 12.0. The Kier molecular flexibility index (Phi) is 49.6. The molecule has 0 aromatic heterocycles. The summed E-state index contributed by atoms with van der Waals surface area (Å²) in [4.78, 5) is 23.8. The Morgan fingerprint density at radius 1 is 0.322 bits per heavy atom. The zero-order valence-corrected chi connectivity index (χ0v) is 37.6. The van der Waals surface area contributed by atoms with Gasteiger partial charge < -0.3 is 61.6 Å². The van der Waals surface area contributed by atoms with Crippen molar-refractivity contribution in [2.24, 2.45) is 5.92 Å². The van der Waals surface area contributed by atoms with Crippen LogP contribution in [0.25, 0.3) is 0 Å². The van der Waals surface area contributed by atoms with Crippen LogP contribution in [-0.2, 0) is 71.2 Å². The average Bonchev–Trinajstić information content (AvgIpc) is 3.24. The summed E-state index contributed by atoms with van der Waals surface area (Å²) in [5, 5.41) is 0. The van der Waals surface area contributed by atoms with Gasteiger partial charge in [-0.2, -0.15) is 0 Å². The van der Waals surface area contributed by atoms with Crippen molar-refractivity contribution in [2.75, 3.05) is 159 Å². The van der Waals surface area contributed by atoms with Gasteiger partial charge in [-0.05, 0) is 19.3 Å². The molecule has 1 unspecified atom stereocenters. The minimum atomic E-state index is -0.140. The van der Waals surface area contributed by atoms with E-state index in [1.807, 2.05) is 6.92 Å². The smallest absolute Gasteiger partial charge is 0.308 e. The molecule has 0 rings (SSSR count). The standard InChI is InChI=1S/C44H86O15/c1-4-7-9-10-11-12-13-14-15-17-43(45)58-40-38-56-36-34-54-32-30-52-28-26-50-24-22-48-20-18-47-19-21-49-23-25-51-27-29-53-31-33-55-35-37-57-39-41-59-44(46)42(6-3)16-8-5-2/h42H,4-41H2,1-3H3. The molecule has 0 fully saturated rings. The van der Waals surface area contributed by atoms with Crippen molar-refractivity contribution in [1.82, 2.24) is 0 Å². The molecule has 0 aliphatic carbocycles. The summed E-state index contributed by atoms with van der Waals surface area (Å²) >= 11 is 0. The van der Waals surface area contributed by atoms with Crippen molar-refractivity contribution in [3.8, 4) is 0 Å². The summed E-state index contributed by atoms with van der Waals surface area (Å²) < 4.78 is 70.9. The second-order valence-corrected chi connectivity index (χ2v) is 13.9. The van der Waals surface area contributed by atoms with Crippen LogP contribution in [0.4, 0.5) is 0 Å². The third-order valence-electron chi connectivity index (χ3n) is 8.90. The van der Waals surface area contributed by atoms with Gasteiger partial charge in [-0.15, -0.1) is 0 Å². The number of ether oxygens (including phenoxy) is 13. The first kappa shape index (κ1) is 57.5. The van der Waals surface area contributed by atoms with Gasteiger partial charge in [0.15, 0.2) is 0 Å². The molecule has 1 atom stereocenters. The lowest BCUT2D eigenvalue weighted by Gasteiger charge is -2.13. The summed E-state index contributed by atoms with van der Waals surface area (Å²) in [5.41, 5.74) is 0. The predicted molar refractivity (Wildman–Crippen MR) is 226 cm³/mol. The van der Waals surface area contributed by atoms with Crippen LogP contribution >= 0.6 is 0 Å². The molecular weight excluding hydrogens is 768 g/mol. The van der Waals surface area contributed by atoms with Gasteiger partial charge in [0.1, 0.15) is 13.2 Å².